The molecule has 5 heteroatoms. The summed E-state index contributed by atoms with van der Waals surface area (Å²) in [4.78, 5) is 21.3. The zero-order valence-corrected chi connectivity index (χ0v) is 12.3. The molecule has 0 aliphatic carbocycles. The summed E-state index contributed by atoms with van der Waals surface area (Å²) in [5.41, 5.74) is 0. The van der Waals surface area contributed by atoms with Crippen molar-refractivity contribution in [2.75, 3.05) is 0 Å². The van der Waals surface area contributed by atoms with Crippen LogP contribution in [-0.4, -0.2) is 28.3 Å². The highest BCUT2D eigenvalue weighted by Crippen LogP contribution is 2.14. The van der Waals surface area contributed by atoms with Crippen molar-refractivity contribution in [3.05, 3.63) is 0 Å². The maximum Gasteiger partial charge on any atom is 0.317 e. The van der Waals surface area contributed by atoms with Gasteiger partial charge in [-0.25, -0.2) is 4.39 Å². The van der Waals surface area contributed by atoms with E-state index in [4.69, 9.17) is 10.2 Å². The van der Waals surface area contributed by atoms with Gasteiger partial charge in [0.15, 0.2) is 5.92 Å². The zero-order valence-electron chi connectivity index (χ0n) is 12.3. The topological polar surface area (TPSA) is 74.6 Å². The number of carbonyl (C=O) groups is 2. The number of carboxylic acids is 2. The summed E-state index contributed by atoms with van der Waals surface area (Å²) < 4.78 is 12.5. The second kappa shape index (κ2) is 11.7. The number of aliphatic carboxylic acids is 2. The lowest BCUT2D eigenvalue weighted by atomic mass is 10.00. The largest absolute Gasteiger partial charge is 0.481 e. The monoisotopic (exact) mass is 290 g/mol. The van der Waals surface area contributed by atoms with Crippen molar-refractivity contribution in [1.82, 2.24) is 0 Å². The predicted octanol–water partition coefficient (Wildman–Crippen LogP) is 4.03. The normalized spacial score (nSPS) is 12.6. The third kappa shape index (κ3) is 10.8. The van der Waals surface area contributed by atoms with E-state index >= 15 is 0 Å². The predicted molar refractivity (Wildman–Crippen MR) is 75.5 cm³/mol. The van der Waals surface area contributed by atoms with Crippen LogP contribution in [0.1, 0.15) is 71.1 Å². The van der Waals surface area contributed by atoms with Crippen molar-refractivity contribution in [2.45, 2.75) is 77.3 Å². The van der Waals surface area contributed by atoms with Gasteiger partial charge >= 0.3 is 11.9 Å². The lowest BCUT2D eigenvalue weighted by Crippen LogP contribution is -2.23. The average molecular weight is 290 g/mol. The van der Waals surface area contributed by atoms with Gasteiger partial charge in [-0.15, -0.1) is 0 Å². The molecule has 118 valence electrons. The highest BCUT2D eigenvalue weighted by Gasteiger charge is 2.24. The molecule has 0 amide bonds. The van der Waals surface area contributed by atoms with E-state index in [0.29, 0.717) is 12.8 Å². The maximum absolute atomic E-state index is 12.5. The molecule has 20 heavy (non-hydrogen) atoms. The lowest BCUT2D eigenvalue weighted by Gasteiger charge is -2.07. The van der Waals surface area contributed by atoms with Crippen LogP contribution >= 0.6 is 0 Å². The van der Waals surface area contributed by atoms with Gasteiger partial charge in [0.05, 0.1) is 6.17 Å². The molecule has 0 fully saturated rings. The Morgan fingerprint density at radius 3 is 1.50 bits per heavy atom. The van der Waals surface area contributed by atoms with Crippen LogP contribution in [0.3, 0.4) is 0 Å². The van der Waals surface area contributed by atoms with Crippen LogP contribution in [0.5, 0.6) is 0 Å². The van der Waals surface area contributed by atoms with Crippen molar-refractivity contribution >= 4 is 11.9 Å². The Labute approximate surface area is 120 Å². The van der Waals surface area contributed by atoms with E-state index in [2.05, 4.69) is 0 Å². The van der Waals surface area contributed by atoms with Crippen LogP contribution in [0.25, 0.3) is 0 Å². The first-order valence-electron chi connectivity index (χ1n) is 7.54. The molecule has 1 atom stereocenters. The molecule has 0 saturated heterocycles. The molecule has 0 bridgehead atoms. The van der Waals surface area contributed by atoms with E-state index in [9.17, 15) is 14.0 Å². The van der Waals surface area contributed by atoms with Gasteiger partial charge in [-0.05, 0) is 19.8 Å². The van der Waals surface area contributed by atoms with Gasteiger partial charge in [0.1, 0.15) is 0 Å². The Hall–Kier alpha value is -1.13. The summed E-state index contributed by atoms with van der Waals surface area (Å²) in [7, 11) is 0. The fraction of sp³-hybridized carbons (Fsp3) is 0.867. The van der Waals surface area contributed by atoms with E-state index in [1.165, 1.54) is 0 Å². The molecule has 0 aromatic rings. The number of hydrogen-bond donors (Lipinski definition) is 2. The van der Waals surface area contributed by atoms with Crippen molar-refractivity contribution in [1.29, 1.82) is 0 Å². The fourth-order valence-corrected chi connectivity index (χ4v) is 2.19. The summed E-state index contributed by atoms with van der Waals surface area (Å²) in [6.45, 7) is 1.58. The molecule has 2 N–H and O–H groups in total. The molecule has 0 heterocycles. The molecule has 0 saturated carbocycles. The molecule has 0 aromatic heterocycles. The van der Waals surface area contributed by atoms with E-state index in [-0.39, 0.29) is 6.42 Å². The minimum atomic E-state index is -1.27. The Morgan fingerprint density at radius 1 is 0.800 bits per heavy atom. The van der Waals surface area contributed by atoms with Crippen molar-refractivity contribution in [3.8, 4) is 0 Å². The van der Waals surface area contributed by atoms with E-state index in [1.54, 1.807) is 6.92 Å². The van der Waals surface area contributed by atoms with Gasteiger partial charge in [-0.1, -0.05) is 51.4 Å². The highest BCUT2D eigenvalue weighted by molar-refractivity contribution is 5.92. The molecule has 0 rings (SSSR count). The van der Waals surface area contributed by atoms with Crippen molar-refractivity contribution in [3.63, 3.8) is 0 Å². The van der Waals surface area contributed by atoms with Gasteiger partial charge in [0, 0.05) is 0 Å². The molecular weight excluding hydrogens is 263 g/mol. The van der Waals surface area contributed by atoms with Gasteiger partial charge in [-0.2, -0.15) is 0 Å². The fourth-order valence-electron chi connectivity index (χ4n) is 2.19. The summed E-state index contributed by atoms with van der Waals surface area (Å²) in [5, 5.41) is 17.4. The van der Waals surface area contributed by atoms with Gasteiger partial charge < -0.3 is 10.2 Å². The standard InChI is InChI=1S/C15H27FO4/c1-12(16)10-8-6-4-2-3-5-7-9-11-13(14(17)18)15(19)20/h12-13H,2-11H2,1H3,(H,17,18)(H,19,20). The quantitative estimate of drug-likeness (QED) is 0.396. The van der Waals surface area contributed by atoms with Crippen LogP contribution in [0.15, 0.2) is 0 Å². The molecule has 0 spiro atoms. The lowest BCUT2D eigenvalue weighted by molar-refractivity contribution is -0.154. The molecular formula is C15H27FO4. The third-order valence-electron chi connectivity index (χ3n) is 3.44. The second-order valence-corrected chi connectivity index (χ2v) is 5.42. The third-order valence-corrected chi connectivity index (χ3v) is 3.44. The van der Waals surface area contributed by atoms with E-state index in [0.717, 1.165) is 44.9 Å². The Balaban J connectivity index is 3.36. The molecule has 0 aliphatic rings. The first-order chi connectivity index (χ1) is 9.45. The van der Waals surface area contributed by atoms with Crippen LogP contribution in [0, 0.1) is 5.92 Å². The number of hydrogen-bond acceptors (Lipinski definition) is 2. The van der Waals surface area contributed by atoms with Gasteiger partial charge in [0.25, 0.3) is 0 Å². The Kier molecular flexibility index (Phi) is 11.0. The molecule has 0 aromatic carbocycles. The van der Waals surface area contributed by atoms with Crippen molar-refractivity contribution in [2.24, 2.45) is 5.92 Å². The highest BCUT2D eigenvalue weighted by atomic mass is 19.1. The number of unbranched alkanes of at least 4 members (excludes halogenated alkanes) is 7. The number of halogens is 1. The number of carboxylic acid groups (broad SMARTS) is 2. The molecule has 0 aliphatic heterocycles. The smallest absolute Gasteiger partial charge is 0.317 e. The number of alkyl halides is 1. The van der Waals surface area contributed by atoms with E-state index < -0.39 is 24.0 Å². The number of rotatable bonds is 13. The summed E-state index contributed by atoms with van der Waals surface area (Å²) in [6, 6.07) is 0. The Morgan fingerprint density at radius 2 is 1.15 bits per heavy atom. The summed E-state index contributed by atoms with van der Waals surface area (Å²) >= 11 is 0. The minimum Gasteiger partial charge on any atom is -0.481 e. The van der Waals surface area contributed by atoms with Crippen molar-refractivity contribution < 1.29 is 24.2 Å². The SMILES string of the molecule is CC(F)CCCCCCCCCCC(C(=O)O)C(=O)O. The zero-order chi connectivity index (χ0) is 15.4. The van der Waals surface area contributed by atoms with Crippen LogP contribution in [0.2, 0.25) is 0 Å². The minimum absolute atomic E-state index is 0.207. The van der Waals surface area contributed by atoms with Crippen LogP contribution in [-0.2, 0) is 9.59 Å². The molecule has 0 radical (unpaired) electrons. The average Bonchev–Trinajstić information content (AvgIpc) is 2.34. The van der Waals surface area contributed by atoms with E-state index in [1.807, 2.05) is 0 Å². The molecule has 1 unspecified atom stereocenters. The summed E-state index contributed by atoms with van der Waals surface area (Å²) in [6.07, 6.45) is 7.98. The Bertz CT molecular complexity index is 265. The first-order valence-corrected chi connectivity index (χ1v) is 7.54. The maximum atomic E-state index is 12.5. The molecule has 4 nitrogen and oxygen atoms in total. The first kappa shape index (κ1) is 18.9. The summed E-state index contributed by atoms with van der Waals surface area (Å²) in [5.74, 6) is -3.77. The van der Waals surface area contributed by atoms with Gasteiger partial charge in [0.2, 0.25) is 0 Å². The van der Waals surface area contributed by atoms with Gasteiger partial charge in [-0.3, -0.25) is 9.59 Å². The van der Waals surface area contributed by atoms with Crippen LogP contribution < -0.4 is 0 Å². The van der Waals surface area contributed by atoms with Crippen LogP contribution in [0.4, 0.5) is 4.39 Å². The second-order valence-electron chi connectivity index (χ2n) is 5.42.